The molecule has 0 atom stereocenters. The summed E-state index contributed by atoms with van der Waals surface area (Å²) in [5.41, 5.74) is 2.23. The van der Waals surface area contributed by atoms with Crippen LogP contribution in [0.25, 0.3) is 0 Å². The van der Waals surface area contributed by atoms with Crippen molar-refractivity contribution in [3.63, 3.8) is 0 Å². The summed E-state index contributed by atoms with van der Waals surface area (Å²) < 4.78 is 5.60. The highest BCUT2D eigenvalue weighted by molar-refractivity contribution is 7.80. The van der Waals surface area contributed by atoms with E-state index >= 15 is 0 Å². The summed E-state index contributed by atoms with van der Waals surface area (Å²) in [7, 11) is 0. The lowest BCUT2D eigenvalue weighted by Crippen LogP contribution is -2.48. The zero-order valence-electron chi connectivity index (χ0n) is 19.8. The summed E-state index contributed by atoms with van der Waals surface area (Å²) >= 11 is 13.2. The number of ether oxygens (including phenoxy) is 1. The van der Waals surface area contributed by atoms with Crippen molar-refractivity contribution in [1.82, 2.24) is 10.2 Å². The maximum absolute atomic E-state index is 12.9. The molecule has 4 rings (SSSR count). The van der Waals surface area contributed by atoms with Gasteiger partial charge in [-0.25, -0.2) is 0 Å². The number of carbonyl (C=O) groups is 2. The van der Waals surface area contributed by atoms with Crippen molar-refractivity contribution in [2.45, 2.75) is 13.3 Å². The van der Waals surface area contributed by atoms with Gasteiger partial charge in [0.2, 0.25) is 0 Å². The second kappa shape index (κ2) is 12.2. The van der Waals surface area contributed by atoms with Gasteiger partial charge in [0.15, 0.2) is 5.11 Å². The highest BCUT2D eigenvalue weighted by atomic mass is 35.5. The molecule has 1 aromatic heterocycles. The lowest BCUT2D eigenvalue weighted by Gasteiger charge is -2.36. The van der Waals surface area contributed by atoms with Gasteiger partial charge in [0.25, 0.3) is 11.8 Å². The van der Waals surface area contributed by atoms with Crippen LogP contribution in [0.2, 0.25) is 5.02 Å². The van der Waals surface area contributed by atoms with Gasteiger partial charge in [0, 0.05) is 37.4 Å². The van der Waals surface area contributed by atoms with Crippen molar-refractivity contribution < 1.29 is 14.3 Å². The first-order valence-corrected chi connectivity index (χ1v) is 13.3. The van der Waals surface area contributed by atoms with Gasteiger partial charge in [-0.05, 0) is 72.5 Å². The fourth-order valence-corrected chi connectivity index (χ4v) is 4.95. The lowest BCUT2D eigenvalue weighted by molar-refractivity contribution is 0.0746. The first kappa shape index (κ1) is 25.9. The second-order valence-corrected chi connectivity index (χ2v) is 9.97. The number of hydrogen-bond donors (Lipinski definition) is 2. The Morgan fingerprint density at radius 1 is 1.08 bits per heavy atom. The highest BCUT2D eigenvalue weighted by Crippen LogP contribution is 2.30. The normalized spacial score (nSPS) is 13.3. The van der Waals surface area contributed by atoms with E-state index < -0.39 is 0 Å². The first-order valence-electron chi connectivity index (χ1n) is 11.7. The van der Waals surface area contributed by atoms with Gasteiger partial charge in [-0.2, -0.15) is 0 Å². The lowest BCUT2D eigenvalue weighted by atomic mass is 10.1. The third kappa shape index (κ3) is 6.54. The van der Waals surface area contributed by atoms with Crippen molar-refractivity contribution in [3.8, 4) is 5.75 Å². The first-order chi connectivity index (χ1) is 17.4. The number of benzene rings is 2. The number of nitrogens with one attached hydrogen (secondary N) is 2. The van der Waals surface area contributed by atoms with Gasteiger partial charge < -0.3 is 19.9 Å². The predicted octanol–water partition coefficient (Wildman–Crippen LogP) is 5.28. The zero-order valence-corrected chi connectivity index (χ0v) is 22.2. The Morgan fingerprint density at radius 3 is 2.47 bits per heavy atom. The molecule has 0 saturated carbocycles. The Kier molecular flexibility index (Phi) is 8.79. The number of thiophene rings is 1. The number of nitrogens with zero attached hydrogens (tertiary/aromatic N) is 2. The van der Waals surface area contributed by atoms with E-state index in [1.807, 2.05) is 52.7 Å². The summed E-state index contributed by atoms with van der Waals surface area (Å²) in [5, 5.41) is 8.27. The SMILES string of the molecule is CCCOc1ccc(C(=O)N2CCN(c3ccc(NC(=S)NC(=O)c4cccs4)cc3Cl)CC2)cc1. The van der Waals surface area contributed by atoms with Crippen LogP contribution in [-0.2, 0) is 0 Å². The third-order valence-electron chi connectivity index (χ3n) is 5.66. The zero-order chi connectivity index (χ0) is 25.5. The molecule has 2 amide bonds. The molecule has 0 aliphatic carbocycles. The summed E-state index contributed by atoms with van der Waals surface area (Å²) in [6.45, 7) is 5.26. The van der Waals surface area contributed by atoms with E-state index in [2.05, 4.69) is 22.5 Å². The van der Waals surface area contributed by atoms with Gasteiger partial charge in [-0.3, -0.25) is 14.9 Å². The van der Waals surface area contributed by atoms with E-state index in [-0.39, 0.29) is 16.9 Å². The van der Waals surface area contributed by atoms with E-state index in [1.54, 1.807) is 12.1 Å². The average Bonchev–Trinajstić information content (AvgIpc) is 3.43. The number of amides is 2. The molecule has 10 heteroatoms. The Balaban J connectivity index is 1.30. The largest absolute Gasteiger partial charge is 0.494 e. The van der Waals surface area contributed by atoms with E-state index in [0.29, 0.717) is 53.9 Å². The molecule has 0 unspecified atom stereocenters. The molecule has 2 N–H and O–H groups in total. The van der Waals surface area contributed by atoms with Crippen LogP contribution in [0, 0.1) is 0 Å². The van der Waals surface area contributed by atoms with Crippen LogP contribution in [-0.4, -0.2) is 54.6 Å². The number of halogens is 1. The fraction of sp³-hybridized carbons (Fsp3) is 0.269. The van der Waals surface area contributed by atoms with Crippen LogP contribution in [0.4, 0.5) is 11.4 Å². The molecule has 0 radical (unpaired) electrons. The molecule has 0 bridgehead atoms. The van der Waals surface area contributed by atoms with Crippen molar-refractivity contribution in [2.24, 2.45) is 0 Å². The Labute approximate surface area is 225 Å². The number of hydrogen-bond acceptors (Lipinski definition) is 6. The second-order valence-electron chi connectivity index (χ2n) is 8.20. The molecule has 2 heterocycles. The summed E-state index contributed by atoms with van der Waals surface area (Å²) in [6.07, 6.45) is 0.940. The topological polar surface area (TPSA) is 73.9 Å². The Bertz CT molecular complexity index is 1210. The maximum Gasteiger partial charge on any atom is 0.267 e. The molecule has 1 saturated heterocycles. The average molecular weight is 543 g/mol. The minimum Gasteiger partial charge on any atom is -0.494 e. The van der Waals surface area contributed by atoms with Gasteiger partial charge in [0.05, 0.1) is 22.2 Å². The van der Waals surface area contributed by atoms with E-state index in [0.717, 1.165) is 17.9 Å². The molecular weight excluding hydrogens is 516 g/mol. The van der Waals surface area contributed by atoms with Gasteiger partial charge in [-0.15, -0.1) is 11.3 Å². The number of thiocarbonyl (C=S) groups is 1. The van der Waals surface area contributed by atoms with E-state index in [9.17, 15) is 9.59 Å². The quantitative estimate of drug-likeness (QED) is 0.396. The molecule has 36 heavy (non-hydrogen) atoms. The molecule has 1 fully saturated rings. The van der Waals surface area contributed by atoms with Crippen LogP contribution in [0.5, 0.6) is 5.75 Å². The highest BCUT2D eigenvalue weighted by Gasteiger charge is 2.23. The molecule has 0 spiro atoms. The van der Waals surface area contributed by atoms with Crippen LogP contribution < -0.4 is 20.3 Å². The van der Waals surface area contributed by atoms with Crippen LogP contribution in [0.15, 0.2) is 60.0 Å². The van der Waals surface area contributed by atoms with E-state index in [4.69, 9.17) is 28.6 Å². The molecule has 2 aromatic carbocycles. The molecule has 188 valence electrons. The number of carbonyl (C=O) groups excluding carboxylic acids is 2. The minimum atomic E-state index is -0.251. The molecule has 1 aliphatic rings. The summed E-state index contributed by atoms with van der Waals surface area (Å²) in [4.78, 5) is 29.7. The van der Waals surface area contributed by atoms with Crippen LogP contribution in [0.3, 0.4) is 0 Å². The smallest absolute Gasteiger partial charge is 0.267 e. The molecule has 3 aromatic rings. The van der Waals surface area contributed by atoms with Crippen LogP contribution in [0.1, 0.15) is 33.4 Å². The summed E-state index contributed by atoms with van der Waals surface area (Å²) in [5.74, 6) is 0.537. The van der Waals surface area contributed by atoms with Crippen molar-refractivity contribution in [3.05, 3.63) is 75.4 Å². The van der Waals surface area contributed by atoms with Gasteiger partial charge >= 0.3 is 0 Å². The maximum atomic E-state index is 12.9. The van der Waals surface area contributed by atoms with Crippen molar-refractivity contribution in [1.29, 1.82) is 0 Å². The monoisotopic (exact) mass is 542 g/mol. The molecule has 7 nitrogen and oxygen atoms in total. The summed E-state index contributed by atoms with van der Waals surface area (Å²) in [6, 6.07) is 16.4. The number of piperazine rings is 1. The Hall–Kier alpha value is -3.14. The Morgan fingerprint density at radius 2 is 1.83 bits per heavy atom. The standard InChI is InChI=1S/C26H27ClN4O3S2/c1-2-15-34-20-8-5-18(6-9-20)25(33)31-13-11-30(12-14-31)22-10-7-19(17-21(22)27)28-26(35)29-24(32)23-4-3-16-36-23/h3-10,16-17H,2,11-15H2,1H3,(H2,28,29,32,35). The number of rotatable bonds is 7. The van der Waals surface area contributed by atoms with Crippen LogP contribution >= 0.6 is 35.2 Å². The van der Waals surface area contributed by atoms with Crippen molar-refractivity contribution in [2.75, 3.05) is 43.0 Å². The fourth-order valence-electron chi connectivity index (χ4n) is 3.82. The molecule has 1 aliphatic heterocycles. The van der Waals surface area contributed by atoms with E-state index in [1.165, 1.54) is 11.3 Å². The minimum absolute atomic E-state index is 0.0143. The van der Waals surface area contributed by atoms with Gasteiger partial charge in [-0.1, -0.05) is 24.6 Å². The predicted molar refractivity (Wildman–Crippen MR) is 150 cm³/mol. The molecular formula is C26H27ClN4O3S2. The van der Waals surface area contributed by atoms with Gasteiger partial charge in [0.1, 0.15) is 5.75 Å². The number of anilines is 2. The van der Waals surface area contributed by atoms with Crippen molar-refractivity contribution >= 4 is 63.5 Å². The third-order valence-corrected chi connectivity index (χ3v) is 7.03.